The van der Waals surface area contributed by atoms with Crippen molar-refractivity contribution in [2.24, 2.45) is 7.05 Å². The van der Waals surface area contributed by atoms with E-state index in [2.05, 4.69) is 5.32 Å². The van der Waals surface area contributed by atoms with Crippen LogP contribution < -0.4 is 20.5 Å². The number of hydrogen-bond acceptors (Lipinski definition) is 7. The molecule has 0 spiro atoms. The van der Waals surface area contributed by atoms with Crippen LogP contribution in [0.15, 0.2) is 53.3 Å². The Morgan fingerprint density at radius 3 is 2.55 bits per heavy atom. The van der Waals surface area contributed by atoms with E-state index in [4.69, 9.17) is 16.6 Å². The smallest absolute Gasteiger partial charge is 0.266 e. The first-order valence-corrected chi connectivity index (χ1v) is 14.7. The van der Waals surface area contributed by atoms with Gasteiger partial charge in [-0.25, -0.2) is 22.5 Å². The summed E-state index contributed by atoms with van der Waals surface area (Å²) >= 11 is 6.11. The molecule has 5 rings (SSSR count). The predicted octanol–water partition coefficient (Wildman–Crippen LogP) is 4.42. The molecular formula is C28H27ClFN5O4S. The van der Waals surface area contributed by atoms with Gasteiger partial charge < -0.3 is 10.2 Å². The number of sulfonamides is 1. The summed E-state index contributed by atoms with van der Waals surface area (Å²) in [6.45, 7) is 4.63. The van der Waals surface area contributed by atoms with Gasteiger partial charge in [-0.3, -0.25) is 14.2 Å². The fourth-order valence-corrected chi connectivity index (χ4v) is 5.64. The number of amides is 1. The van der Waals surface area contributed by atoms with E-state index < -0.39 is 22.0 Å². The minimum Gasteiger partial charge on any atom is -0.378 e. The second-order valence-electron chi connectivity index (χ2n) is 10.1. The maximum Gasteiger partial charge on any atom is 0.266 e. The number of rotatable bonds is 6. The van der Waals surface area contributed by atoms with Crippen LogP contribution in [0.25, 0.3) is 10.9 Å². The average Bonchev–Trinajstić information content (AvgIpc) is 3.28. The summed E-state index contributed by atoms with van der Waals surface area (Å²) in [4.78, 5) is 33.1. The Morgan fingerprint density at radius 1 is 1.10 bits per heavy atom. The molecule has 9 nitrogen and oxygen atoms in total. The number of aryl methyl sites for hydroxylation is 1. The molecule has 2 N–H and O–H groups in total. The molecule has 1 atom stereocenters. The monoisotopic (exact) mass is 583 g/mol. The van der Waals surface area contributed by atoms with Crippen LogP contribution in [0.2, 0.25) is 5.02 Å². The number of carbonyl (C=O) groups is 1. The lowest BCUT2D eigenvalue weighted by Crippen LogP contribution is -2.30. The molecule has 0 fully saturated rings. The van der Waals surface area contributed by atoms with Gasteiger partial charge in [0.05, 0.1) is 28.8 Å². The lowest BCUT2D eigenvalue weighted by molar-refractivity contribution is 0.0982. The van der Waals surface area contributed by atoms with E-state index >= 15 is 0 Å². The molecule has 1 aromatic heterocycles. The zero-order valence-electron chi connectivity index (χ0n) is 22.2. The van der Waals surface area contributed by atoms with Crippen LogP contribution in [-0.4, -0.2) is 30.1 Å². The molecule has 4 aromatic rings. The number of nitrogens with one attached hydrogen (secondary N) is 2. The number of hydrogen-bond donors (Lipinski definition) is 2. The topological polar surface area (TPSA) is 113 Å². The summed E-state index contributed by atoms with van der Waals surface area (Å²) in [5, 5.41) is 3.96. The molecule has 0 unspecified atom stereocenters. The molecule has 0 bridgehead atoms. The second kappa shape index (κ2) is 10.2. The molecule has 12 heteroatoms. The molecule has 3 aromatic carbocycles. The fourth-order valence-electron chi connectivity index (χ4n) is 5.02. The summed E-state index contributed by atoms with van der Waals surface area (Å²) in [5.74, 6) is -0.690. The second-order valence-corrected chi connectivity index (χ2v) is 12.2. The van der Waals surface area contributed by atoms with Crippen LogP contribution in [0.4, 0.5) is 16.0 Å². The first kappa shape index (κ1) is 27.6. The highest BCUT2D eigenvalue weighted by Gasteiger charge is 2.25. The number of aromatic nitrogens is 2. The van der Waals surface area contributed by atoms with Gasteiger partial charge in [0.25, 0.3) is 11.5 Å². The van der Waals surface area contributed by atoms with Gasteiger partial charge in [0.2, 0.25) is 16.0 Å². The maximum atomic E-state index is 13.8. The van der Waals surface area contributed by atoms with Crippen molar-refractivity contribution in [3.63, 3.8) is 0 Å². The van der Waals surface area contributed by atoms with Crippen molar-refractivity contribution in [1.82, 2.24) is 14.3 Å². The SMILES string of the molecule is Cc1cc([C@@H](C)Nc2ccc(Cl)cc2C(=O)NS(C)(=O)=O)c2nc(N3Cc4ccc(F)cc4C3)n(C)c(=O)c2c1. The Kier molecular flexibility index (Phi) is 7.05. The molecule has 40 heavy (non-hydrogen) atoms. The number of carbonyl (C=O) groups excluding carboxylic acids is 1. The van der Waals surface area contributed by atoms with Crippen LogP contribution in [0, 0.1) is 12.7 Å². The number of benzene rings is 3. The first-order chi connectivity index (χ1) is 18.8. The van der Waals surface area contributed by atoms with E-state index in [0.29, 0.717) is 41.2 Å². The van der Waals surface area contributed by atoms with Gasteiger partial charge in [-0.15, -0.1) is 0 Å². The van der Waals surface area contributed by atoms with Crippen LogP contribution in [0.3, 0.4) is 0 Å². The number of fused-ring (bicyclic) bond motifs is 2. The molecule has 208 valence electrons. The molecule has 0 aliphatic carbocycles. The van der Waals surface area contributed by atoms with Gasteiger partial charge in [-0.2, -0.15) is 0 Å². The van der Waals surface area contributed by atoms with E-state index in [0.717, 1.165) is 22.9 Å². The minimum absolute atomic E-state index is 0.0494. The van der Waals surface area contributed by atoms with Crippen molar-refractivity contribution in [3.8, 4) is 0 Å². The lowest BCUT2D eigenvalue weighted by atomic mass is 10.0. The van der Waals surface area contributed by atoms with Gasteiger partial charge in [0.15, 0.2) is 0 Å². The number of nitrogens with zero attached hydrogens (tertiary/aromatic N) is 3. The average molecular weight is 584 g/mol. The Balaban J connectivity index is 1.56. The maximum absolute atomic E-state index is 13.8. The summed E-state index contributed by atoms with van der Waals surface area (Å²) in [6.07, 6.45) is 0.892. The quantitative estimate of drug-likeness (QED) is 0.345. The molecule has 0 saturated carbocycles. The zero-order chi connectivity index (χ0) is 28.9. The molecule has 1 amide bonds. The van der Waals surface area contributed by atoms with E-state index in [9.17, 15) is 22.4 Å². The van der Waals surface area contributed by atoms with Gasteiger partial charge in [-0.1, -0.05) is 23.7 Å². The van der Waals surface area contributed by atoms with Gasteiger partial charge in [-0.05, 0) is 66.9 Å². The standard InChI is InChI=1S/C28H27ClFN5O4S/c1-15-9-21(16(2)31-24-8-6-19(29)12-22(24)26(36)33-40(4,38)39)25-23(10-15)27(37)34(3)28(32-25)35-13-17-5-7-20(30)11-18(17)14-35/h5-12,16,31H,13-14H2,1-4H3,(H,33,36)/t16-/m1/s1. The third kappa shape index (κ3) is 5.39. The molecule has 1 aliphatic heterocycles. The zero-order valence-corrected chi connectivity index (χ0v) is 23.8. The fraction of sp³-hybridized carbons (Fsp3) is 0.250. The predicted molar refractivity (Wildman–Crippen MR) is 154 cm³/mol. The van der Waals surface area contributed by atoms with Crippen LogP contribution >= 0.6 is 11.6 Å². The highest BCUT2D eigenvalue weighted by Crippen LogP contribution is 2.32. The van der Waals surface area contributed by atoms with E-state index in [-0.39, 0.29) is 22.0 Å². The first-order valence-electron chi connectivity index (χ1n) is 12.4. The summed E-state index contributed by atoms with van der Waals surface area (Å²) in [6, 6.07) is 12.5. The number of halogens is 2. The third-order valence-electron chi connectivity index (χ3n) is 6.85. The van der Waals surface area contributed by atoms with Gasteiger partial charge in [0.1, 0.15) is 5.82 Å². The van der Waals surface area contributed by atoms with E-state index in [1.807, 2.05) is 29.5 Å². The highest BCUT2D eigenvalue weighted by atomic mass is 35.5. The van der Waals surface area contributed by atoms with Crippen LogP contribution in [0.1, 0.15) is 45.6 Å². The highest BCUT2D eigenvalue weighted by molar-refractivity contribution is 7.89. The molecule has 0 radical (unpaired) electrons. The van der Waals surface area contributed by atoms with Crippen molar-refractivity contribution in [3.05, 3.63) is 97.5 Å². The van der Waals surface area contributed by atoms with Gasteiger partial charge >= 0.3 is 0 Å². The van der Waals surface area contributed by atoms with Crippen molar-refractivity contribution >= 4 is 50.1 Å². The number of anilines is 2. The largest absolute Gasteiger partial charge is 0.378 e. The van der Waals surface area contributed by atoms with Crippen molar-refractivity contribution < 1.29 is 17.6 Å². The third-order valence-corrected chi connectivity index (χ3v) is 7.64. The normalized spacial score (nSPS) is 13.8. The van der Waals surface area contributed by atoms with Crippen molar-refractivity contribution in [2.75, 3.05) is 16.5 Å². The lowest BCUT2D eigenvalue weighted by Gasteiger charge is -2.23. The van der Waals surface area contributed by atoms with Crippen molar-refractivity contribution in [2.45, 2.75) is 33.0 Å². The summed E-state index contributed by atoms with van der Waals surface area (Å²) in [5.41, 5.74) is 4.04. The van der Waals surface area contributed by atoms with E-state index in [1.165, 1.54) is 22.8 Å². The van der Waals surface area contributed by atoms with E-state index in [1.54, 1.807) is 31.3 Å². The molecule has 1 aliphatic rings. The Morgan fingerprint density at radius 2 is 1.82 bits per heavy atom. The Hall–Kier alpha value is -3.96. The molecule has 2 heterocycles. The van der Waals surface area contributed by atoms with Gasteiger partial charge in [0, 0.05) is 36.4 Å². The minimum atomic E-state index is -3.80. The summed E-state index contributed by atoms with van der Waals surface area (Å²) < 4.78 is 40.7. The Labute approximate surface area is 235 Å². The molecule has 0 saturated heterocycles. The van der Waals surface area contributed by atoms with Crippen LogP contribution in [-0.2, 0) is 30.2 Å². The van der Waals surface area contributed by atoms with Crippen LogP contribution in [0.5, 0.6) is 0 Å². The van der Waals surface area contributed by atoms with Crippen molar-refractivity contribution in [1.29, 1.82) is 0 Å². The Bertz CT molecular complexity index is 1860. The summed E-state index contributed by atoms with van der Waals surface area (Å²) in [7, 11) is -2.14. The molecular weight excluding hydrogens is 557 g/mol.